The molecule has 5 aliphatic rings. The Morgan fingerprint density at radius 1 is 1.20 bits per heavy atom. The number of halogens is 1. The first-order valence-corrected chi connectivity index (χ1v) is 14.6. The molecule has 4 fully saturated rings. The fourth-order valence-corrected chi connectivity index (χ4v) is 8.55. The summed E-state index contributed by atoms with van der Waals surface area (Å²) in [6, 6.07) is 0. The number of allylic oxidation sites excluding steroid dienone is 4. The number of nitrogens with zero attached hydrogens (tertiary/aromatic N) is 1. The number of carbonyl (C=O) groups is 4. The maximum absolute atomic E-state index is 15.7. The quantitative estimate of drug-likeness (QED) is 0.451. The normalized spacial score (nSPS) is 40.1. The van der Waals surface area contributed by atoms with E-state index in [0.29, 0.717) is 38.3 Å². The second-order valence-corrected chi connectivity index (χ2v) is 12.4. The van der Waals surface area contributed by atoms with Gasteiger partial charge >= 0.3 is 12.1 Å². The minimum absolute atomic E-state index is 0.00702. The van der Waals surface area contributed by atoms with Crippen molar-refractivity contribution in [1.82, 2.24) is 4.90 Å². The first kappa shape index (κ1) is 29.8. The van der Waals surface area contributed by atoms with Crippen molar-refractivity contribution in [3.8, 4) is 0 Å². The molecule has 0 bridgehead atoms. The first-order chi connectivity index (χ1) is 19.4. The van der Waals surface area contributed by atoms with E-state index in [2.05, 4.69) is 0 Å². The van der Waals surface area contributed by atoms with Crippen LogP contribution >= 0.6 is 0 Å². The van der Waals surface area contributed by atoms with Crippen molar-refractivity contribution in [2.75, 3.05) is 46.1 Å². The van der Waals surface area contributed by atoms with E-state index < -0.39 is 53.2 Å². The smallest absolute Gasteiger partial charge is 0.457 e. The van der Waals surface area contributed by atoms with E-state index in [0.717, 1.165) is 0 Å². The van der Waals surface area contributed by atoms with E-state index in [9.17, 15) is 24.3 Å². The lowest BCUT2D eigenvalue weighted by atomic mass is 9.46. The van der Waals surface area contributed by atoms with Gasteiger partial charge in [-0.3, -0.25) is 19.3 Å². The van der Waals surface area contributed by atoms with Crippen LogP contribution in [0.4, 0.5) is 9.18 Å². The second kappa shape index (κ2) is 11.2. The Morgan fingerprint density at radius 2 is 1.93 bits per heavy atom. The molecular weight excluding hydrogens is 537 g/mol. The highest BCUT2D eigenvalue weighted by atomic mass is 19.1. The van der Waals surface area contributed by atoms with Crippen molar-refractivity contribution in [2.45, 2.75) is 64.3 Å². The number of ether oxygens (including phenoxy) is 4. The third kappa shape index (κ3) is 5.03. The first-order valence-electron chi connectivity index (χ1n) is 14.6. The summed E-state index contributed by atoms with van der Waals surface area (Å²) in [5, 5.41) is 11.7. The second-order valence-electron chi connectivity index (χ2n) is 12.4. The van der Waals surface area contributed by atoms with Crippen molar-refractivity contribution >= 4 is 23.7 Å². The molecule has 1 heterocycles. The zero-order chi connectivity index (χ0) is 29.6. The molecule has 4 aliphatic carbocycles. The molecule has 226 valence electrons. The summed E-state index contributed by atoms with van der Waals surface area (Å²) in [6.45, 7) is 6.89. The number of Topliss-reactive ketones (excluding diaryl/α,β-unsaturated/α-hetero) is 1. The number of ketones is 2. The van der Waals surface area contributed by atoms with Crippen molar-refractivity contribution in [3.05, 3.63) is 23.8 Å². The fourth-order valence-electron chi connectivity index (χ4n) is 8.55. The van der Waals surface area contributed by atoms with Crippen LogP contribution in [0.2, 0.25) is 0 Å². The van der Waals surface area contributed by atoms with Crippen LogP contribution in [0.5, 0.6) is 0 Å². The zero-order valence-electron chi connectivity index (χ0n) is 23.9. The van der Waals surface area contributed by atoms with Gasteiger partial charge in [0.15, 0.2) is 18.0 Å². The van der Waals surface area contributed by atoms with E-state index in [4.69, 9.17) is 18.9 Å². The molecule has 10 nitrogen and oxygen atoms in total. The highest BCUT2D eigenvalue weighted by molar-refractivity contribution is 6.01. The number of hydrogen-bond donors (Lipinski definition) is 1. The van der Waals surface area contributed by atoms with Gasteiger partial charge in [-0.2, -0.15) is 0 Å². The van der Waals surface area contributed by atoms with E-state index in [1.165, 1.54) is 12.2 Å². The van der Waals surface area contributed by atoms with Gasteiger partial charge < -0.3 is 24.1 Å². The lowest BCUT2D eigenvalue weighted by Gasteiger charge is -2.60. The van der Waals surface area contributed by atoms with Crippen molar-refractivity contribution < 1.29 is 47.6 Å². The lowest BCUT2D eigenvalue weighted by Crippen LogP contribution is -2.64. The topological polar surface area (TPSA) is 129 Å². The minimum atomic E-state index is -1.73. The van der Waals surface area contributed by atoms with Crippen LogP contribution in [-0.4, -0.2) is 97.6 Å². The molecule has 1 N–H and O–H groups in total. The van der Waals surface area contributed by atoms with Crippen LogP contribution in [-0.2, 0) is 33.3 Å². The largest absolute Gasteiger partial charge is 0.509 e. The number of morpholine rings is 1. The van der Waals surface area contributed by atoms with Gasteiger partial charge in [0, 0.05) is 29.8 Å². The van der Waals surface area contributed by atoms with Crippen LogP contribution < -0.4 is 0 Å². The molecule has 0 amide bonds. The maximum Gasteiger partial charge on any atom is 0.509 e. The number of aliphatic hydroxyl groups excluding tert-OH is 1. The molecule has 1 aliphatic heterocycles. The standard InChI is InChI=1S/C30H40FNO9/c1-4-39-27(37)41-30(24(35)17-40-25(36)16-32-9-11-38-12-10-32)8-6-20-19-14-22(31)21-13-18(33)5-7-28(21,2)26(19)23(34)15-29(20,30)3/h5,7,13,19-20,22-23,26,34H,4,6,8-12,14-17H2,1-3H3/t19-,20-,22-,23?,26+,28-,29-,30-/m0/s1. The van der Waals surface area contributed by atoms with Gasteiger partial charge in [0.1, 0.15) is 6.17 Å². The van der Waals surface area contributed by atoms with Gasteiger partial charge in [-0.15, -0.1) is 0 Å². The molecule has 0 radical (unpaired) electrons. The molecule has 0 spiro atoms. The maximum atomic E-state index is 15.7. The minimum Gasteiger partial charge on any atom is -0.457 e. The summed E-state index contributed by atoms with van der Waals surface area (Å²) in [7, 11) is 0. The Balaban J connectivity index is 1.42. The van der Waals surface area contributed by atoms with Crippen LogP contribution in [0.25, 0.3) is 0 Å². The number of fused-ring (bicyclic) bond motifs is 5. The van der Waals surface area contributed by atoms with Gasteiger partial charge in [0.05, 0.1) is 32.5 Å². The number of aliphatic hydroxyl groups is 1. The molecule has 0 aromatic carbocycles. The predicted molar refractivity (Wildman–Crippen MR) is 142 cm³/mol. The van der Waals surface area contributed by atoms with Gasteiger partial charge in [-0.25, -0.2) is 9.18 Å². The zero-order valence-corrected chi connectivity index (χ0v) is 23.9. The number of carbonyl (C=O) groups excluding carboxylic acids is 4. The summed E-state index contributed by atoms with van der Waals surface area (Å²) in [4.78, 5) is 53.2. The van der Waals surface area contributed by atoms with E-state index in [1.54, 1.807) is 19.9 Å². The monoisotopic (exact) mass is 577 g/mol. The summed E-state index contributed by atoms with van der Waals surface area (Å²) in [6.07, 6.45) is 1.87. The molecule has 1 saturated heterocycles. The molecule has 5 rings (SSSR count). The highest BCUT2D eigenvalue weighted by Gasteiger charge is 2.71. The van der Waals surface area contributed by atoms with Gasteiger partial charge in [0.25, 0.3) is 0 Å². The molecule has 0 aromatic heterocycles. The van der Waals surface area contributed by atoms with Gasteiger partial charge in [0.2, 0.25) is 5.78 Å². The van der Waals surface area contributed by atoms with Crippen LogP contribution in [0.3, 0.4) is 0 Å². The molecule has 8 atom stereocenters. The SMILES string of the molecule is CCOC(=O)O[C@]1(C(=O)COC(=O)CN2CCOCC2)CC[C@H]2[C@@H]3C[C@H](F)C4=CC(=O)C=C[C@]4(C)[C@H]3C(O)C[C@@]21C. The van der Waals surface area contributed by atoms with Crippen LogP contribution in [0, 0.1) is 28.6 Å². The Labute approximate surface area is 239 Å². The lowest BCUT2D eigenvalue weighted by molar-refractivity contribution is -0.187. The molecule has 3 saturated carbocycles. The van der Waals surface area contributed by atoms with E-state index in [1.807, 2.05) is 11.8 Å². The summed E-state index contributed by atoms with van der Waals surface area (Å²) in [5.74, 6) is -2.44. The van der Waals surface area contributed by atoms with Crippen LogP contribution in [0.1, 0.15) is 46.5 Å². The third-order valence-electron chi connectivity index (χ3n) is 10.4. The molecule has 0 aromatic rings. The fraction of sp³-hybridized carbons (Fsp3) is 0.733. The van der Waals surface area contributed by atoms with Crippen molar-refractivity contribution in [2.24, 2.45) is 28.6 Å². The van der Waals surface area contributed by atoms with E-state index >= 15 is 4.39 Å². The summed E-state index contributed by atoms with van der Waals surface area (Å²) >= 11 is 0. The third-order valence-corrected chi connectivity index (χ3v) is 10.4. The highest BCUT2D eigenvalue weighted by Crippen LogP contribution is 2.68. The Hall–Kier alpha value is -2.63. The van der Waals surface area contributed by atoms with Crippen LogP contribution in [0.15, 0.2) is 23.8 Å². The molecule has 11 heteroatoms. The Kier molecular flexibility index (Phi) is 8.17. The van der Waals surface area contributed by atoms with E-state index in [-0.39, 0.29) is 56.0 Å². The van der Waals surface area contributed by atoms with Crippen molar-refractivity contribution in [3.63, 3.8) is 0 Å². The molecule has 1 unspecified atom stereocenters. The average molecular weight is 578 g/mol. The van der Waals surface area contributed by atoms with Gasteiger partial charge in [-0.1, -0.05) is 19.9 Å². The number of esters is 1. The predicted octanol–water partition coefficient (Wildman–Crippen LogP) is 2.57. The number of alkyl halides is 1. The Morgan fingerprint density at radius 3 is 2.63 bits per heavy atom. The average Bonchev–Trinajstić information content (AvgIpc) is 3.21. The molecule has 41 heavy (non-hydrogen) atoms. The number of hydrogen-bond acceptors (Lipinski definition) is 10. The summed E-state index contributed by atoms with van der Waals surface area (Å²) in [5.41, 5.74) is -3.27. The van der Waals surface area contributed by atoms with Gasteiger partial charge in [-0.05, 0) is 62.2 Å². The molecular formula is C30H40FNO9. The van der Waals surface area contributed by atoms with Crippen molar-refractivity contribution in [1.29, 1.82) is 0 Å². The summed E-state index contributed by atoms with van der Waals surface area (Å²) < 4.78 is 37.3. The Bertz CT molecular complexity index is 1150. The number of rotatable bonds is 7.